The van der Waals surface area contributed by atoms with Crippen molar-refractivity contribution in [3.8, 4) is 22.6 Å². The lowest BCUT2D eigenvalue weighted by molar-refractivity contribution is -0.231. The van der Waals surface area contributed by atoms with Gasteiger partial charge in [-0.1, -0.05) is 0 Å². The number of aliphatic hydroxyl groups excluding tert-OH is 1. The lowest BCUT2D eigenvalue weighted by atomic mass is 9.91. The minimum absolute atomic E-state index is 0.0211. The molecule has 2 aromatic heterocycles. The number of aromatic amines is 1. The summed E-state index contributed by atoms with van der Waals surface area (Å²) in [5.41, 5.74) is 0.995. The van der Waals surface area contributed by atoms with Crippen LogP contribution in [-0.2, 0) is 19.1 Å². The largest absolute Gasteiger partial charge is 0.480 e. The van der Waals surface area contributed by atoms with E-state index in [-0.39, 0.29) is 38.2 Å². The Kier molecular flexibility index (Phi) is 8.06. The summed E-state index contributed by atoms with van der Waals surface area (Å²) >= 11 is 0. The topological polar surface area (TPSA) is 172 Å². The van der Waals surface area contributed by atoms with E-state index in [1.54, 1.807) is 25.1 Å². The predicted octanol–water partition coefficient (Wildman–Crippen LogP) is 1.72. The van der Waals surface area contributed by atoms with E-state index in [1.165, 1.54) is 18.3 Å². The number of hydrogen-bond acceptors (Lipinski definition) is 9. The summed E-state index contributed by atoms with van der Waals surface area (Å²) in [6, 6.07) is 7.37. The van der Waals surface area contributed by atoms with Gasteiger partial charge in [-0.15, -0.1) is 0 Å². The molecule has 4 rings (SSSR count). The second-order valence-electron chi connectivity index (χ2n) is 8.71. The maximum atomic E-state index is 13.6. The van der Waals surface area contributed by atoms with Crippen molar-refractivity contribution < 1.29 is 33.7 Å². The van der Waals surface area contributed by atoms with E-state index in [4.69, 9.17) is 19.7 Å². The zero-order chi connectivity index (χ0) is 26.4. The lowest BCUT2D eigenvalue weighted by Gasteiger charge is -2.35. The fourth-order valence-electron chi connectivity index (χ4n) is 3.64. The number of nitrogens with zero attached hydrogens (tertiary/aromatic N) is 3. The van der Waals surface area contributed by atoms with Crippen LogP contribution < -0.4 is 10.6 Å². The molecule has 196 valence electrons. The minimum Gasteiger partial charge on any atom is -0.480 e. The van der Waals surface area contributed by atoms with E-state index >= 15 is 0 Å². The average molecular weight is 515 g/mol. The van der Waals surface area contributed by atoms with Crippen LogP contribution in [0.4, 0.5) is 10.3 Å². The number of ether oxygens (including phenoxy) is 2. The smallest absolute Gasteiger partial charge is 0.322 e. The SMILES string of the molecule is CC1(C(=O)NCCCO)COC(c2nc(-c3ccc(F)cc3)c(-c3ccnc(NCC(=O)O)n3)[nH]2)OC1. The normalized spacial score (nSPS) is 19.4. The van der Waals surface area contributed by atoms with Gasteiger partial charge >= 0.3 is 5.97 Å². The van der Waals surface area contributed by atoms with Gasteiger partial charge in [-0.3, -0.25) is 9.59 Å². The second-order valence-corrected chi connectivity index (χ2v) is 8.71. The number of benzene rings is 1. The Bertz CT molecular complexity index is 1240. The van der Waals surface area contributed by atoms with Gasteiger partial charge < -0.3 is 35.3 Å². The molecule has 0 radical (unpaired) electrons. The highest BCUT2D eigenvalue weighted by Gasteiger charge is 2.40. The third-order valence-corrected chi connectivity index (χ3v) is 5.65. The zero-order valence-corrected chi connectivity index (χ0v) is 20.0. The Labute approximate surface area is 211 Å². The summed E-state index contributed by atoms with van der Waals surface area (Å²) in [6.07, 6.45) is 1.01. The van der Waals surface area contributed by atoms with Crippen molar-refractivity contribution in [3.05, 3.63) is 48.2 Å². The van der Waals surface area contributed by atoms with E-state index < -0.39 is 23.5 Å². The van der Waals surface area contributed by atoms with Crippen LogP contribution in [0, 0.1) is 11.2 Å². The number of H-pyrrole nitrogens is 1. The summed E-state index contributed by atoms with van der Waals surface area (Å²) in [5, 5.41) is 23.2. The first kappa shape index (κ1) is 26.1. The van der Waals surface area contributed by atoms with Crippen LogP contribution in [0.3, 0.4) is 0 Å². The molecule has 0 saturated carbocycles. The van der Waals surface area contributed by atoms with Gasteiger partial charge in [0.25, 0.3) is 0 Å². The molecule has 0 atom stereocenters. The lowest BCUT2D eigenvalue weighted by Crippen LogP contribution is -2.48. The van der Waals surface area contributed by atoms with Crippen molar-refractivity contribution in [1.82, 2.24) is 25.3 Å². The third kappa shape index (κ3) is 6.25. The van der Waals surface area contributed by atoms with Crippen molar-refractivity contribution in [1.29, 1.82) is 0 Å². The van der Waals surface area contributed by atoms with Crippen molar-refractivity contribution in [2.75, 3.05) is 38.2 Å². The molecule has 1 saturated heterocycles. The van der Waals surface area contributed by atoms with Crippen LogP contribution in [0.2, 0.25) is 0 Å². The van der Waals surface area contributed by atoms with Crippen LogP contribution in [0.25, 0.3) is 22.6 Å². The number of anilines is 1. The quantitative estimate of drug-likeness (QED) is 0.251. The molecule has 13 heteroatoms. The number of carbonyl (C=O) groups is 2. The van der Waals surface area contributed by atoms with E-state index in [0.717, 1.165) is 0 Å². The van der Waals surface area contributed by atoms with Gasteiger partial charge in [0.1, 0.15) is 12.4 Å². The maximum Gasteiger partial charge on any atom is 0.322 e. The number of nitrogens with one attached hydrogen (secondary N) is 3. The monoisotopic (exact) mass is 514 g/mol. The number of aliphatic carboxylic acids is 1. The van der Waals surface area contributed by atoms with Gasteiger partial charge in [-0.2, -0.15) is 0 Å². The van der Waals surface area contributed by atoms with Gasteiger partial charge in [0.2, 0.25) is 18.1 Å². The summed E-state index contributed by atoms with van der Waals surface area (Å²) in [6.45, 7) is 1.83. The van der Waals surface area contributed by atoms with Crippen molar-refractivity contribution in [3.63, 3.8) is 0 Å². The Balaban J connectivity index is 1.59. The van der Waals surface area contributed by atoms with Gasteiger partial charge in [-0.05, 0) is 43.7 Å². The van der Waals surface area contributed by atoms with Gasteiger partial charge in [0.05, 0.1) is 35.7 Å². The van der Waals surface area contributed by atoms with Gasteiger partial charge in [0.15, 0.2) is 5.82 Å². The van der Waals surface area contributed by atoms with Crippen LogP contribution in [0.5, 0.6) is 0 Å². The van der Waals surface area contributed by atoms with E-state index in [1.807, 2.05) is 0 Å². The van der Waals surface area contributed by atoms with Crippen molar-refractivity contribution in [2.24, 2.45) is 5.41 Å². The Morgan fingerprint density at radius 3 is 2.59 bits per heavy atom. The Morgan fingerprint density at radius 2 is 1.92 bits per heavy atom. The number of rotatable bonds is 10. The molecule has 0 spiro atoms. The van der Waals surface area contributed by atoms with E-state index in [0.29, 0.717) is 41.4 Å². The number of imidazole rings is 1. The summed E-state index contributed by atoms with van der Waals surface area (Å²) < 4.78 is 25.3. The predicted molar refractivity (Wildman–Crippen MR) is 129 cm³/mol. The molecule has 12 nitrogen and oxygen atoms in total. The van der Waals surface area contributed by atoms with Gasteiger partial charge in [0, 0.05) is 24.9 Å². The number of halogens is 1. The molecule has 1 amide bonds. The first-order valence-corrected chi connectivity index (χ1v) is 11.6. The highest BCUT2D eigenvalue weighted by Crippen LogP contribution is 2.35. The summed E-state index contributed by atoms with van der Waals surface area (Å²) in [7, 11) is 0. The van der Waals surface area contributed by atoms with Crippen LogP contribution >= 0.6 is 0 Å². The second kappa shape index (κ2) is 11.4. The fraction of sp³-hybridized carbons (Fsp3) is 0.375. The molecule has 0 unspecified atom stereocenters. The standard InChI is InChI=1S/C24H27FN6O6/c1-24(22(35)26-8-2-10-32)12-36-21(37-13-24)20-30-18(14-3-5-15(25)6-4-14)19(31-20)16-7-9-27-23(29-16)28-11-17(33)34/h3-7,9,21,32H,2,8,10-13H2,1H3,(H,26,35)(H,30,31)(H,33,34)(H,27,28,29). The maximum absolute atomic E-state index is 13.6. The first-order chi connectivity index (χ1) is 17.8. The molecule has 5 N–H and O–H groups in total. The zero-order valence-electron chi connectivity index (χ0n) is 20.0. The molecule has 1 aliphatic rings. The van der Waals surface area contributed by atoms with Crippen molar-refractivity contribution >= 4 is 17.8 Å². The molecule has 1 aliphatic heterocycles. The number of carboxylic acids is 1. The van der Waals surface area contributed by atoms with Crippen LogP contribution in [0.1, 0.15) is 25.5 Å². The number of amides is 1. The fourth-order valence-corrected chi connectivity index (χ4v) is 3.64. The highest BCUT2D eigenvalue weighted by atomic mass is 19.1. The minimum atomic E-state index is -1.06. The molecular formula is C24H27FN6O6. The highest BCUT2D eigenvalue weighted by molar-refractivity contribution is 5.82. The molecular weight excluding hydrogens is 487 g/mol. The number of carbonyl (C=O) groups excluding carboxylic acids is 1. The molecule has 1 fully saturated rings. The molecule has 0 bridgehead atoms. The Hall–Kier alpha value is -3.94. The van der Waals surface area contributed by atoms with Crippen LogP contribution in [-0.4, -0.2) is 74.9 Å². The Morgan fingerprint density at radius 1 is 1.19 bits per heavy atom. The molecule has 3 aromatic rings. The van der Waals surface area contributed by atoms with Gasteiger partial charge in [-0.25, -0.2) is 19.3 Å². The first-order valence-electron chi connectivity index (χ1n) is 11.6. The third-order valence-electron chi connectivity index (χ3n) is 5.65. The average Bonchev–Trinajstić information content (AvgIpc) is 3.34. The number of aromatic nitrogens is 4. The number of hydrogen-bond donors (Lipinski definition) is 5. The number of carboxylic acid groups (broad SMARTS) is 1. The summed E-state index contributed by atoms with van der Waals surface area (Å²) in [4.78, 5) is 39.7. The van der Waals surface area contributed by atoms with Crippen LogP contribution in [0.15, 0.2) is 36.5 Å². The summed E-state index contributed by atoms with van der Waals surface area (Å²) in [5.74, 6) is -1.29. The molecule has 37 heavy (non-hydrogen) atoms. The molecule has 1 aromatic carbocycles. The molecule has 3 heterocycles. The number of aliphatic hydroxyl groups is 1. The van der Waals surface area contributed by atoms with E-state index in [2.05, 4.69) is 30.6 Å². The van der Waals surface area contributed by atoms with Crippen molar-refractivity contribution in [2.45, 2.75) is 19.6 Å². The van der Waals surface area contributed by atoms with E-state index in [9.17, 15) is 14.0 Å². The molecule has 0 aliphatic carbocycles.